The van der Waals surface area contributed by atoms with Crippen LogP contribution in [0.3, 0.4) is 0 Å². The molecular formula is C24H28F5N3O2. The largest absolute Gasteiger partial charge is 0.496 e. The van der Waals surface area contributed by atoms with E-state index in [-0.39, 0.29) is 47.9 Å². The third-order valence-corrected chi connectivity index (χ3v) is 7.13. The molecule has 10 heteroatoms. The Hall–Kier alpha value is -2.62. The highest BCUT2D eigenvalue weighted by Gasteiger charge is 2.48. The summed E-state index contributed by atoms with van der Waals surface area (Å²) in [6.07, 6.45) is 0.662. The number of piperidine rings is 1. The molecule has 1 saturated heterocycles. The van der Waals surface area contributed by atoms with Gasteiger partial charge in [-0.3, -0.25) is 9.69 Å². The van der Waals surface area contributed by atoms with Crippen molar-refractivity contribution in [1.29, 1.82) is 0 Å². The lowest BCUT2D eigenvalue weighted by atomic mass is 9.81. The number of likely N-dealkylation sites (tertiary alicyclic amines) is 1. The van der Waals surface area contributed by atoms with Gasteiger partial charge in [0.15, 0.2) is 0 Å². The first-order valence-electron chi connectivity index (χ1n) is 11.1. The van der Waals surface area contributed by atoms with E-state index in [1.165, 1.54) is 28.7 Å². The first kappa shape index (κ1) is 24.5. The summed E-state index contributed by atoms with van der Waals surface area (Å²) in [6.45, 7) is 2.67. The number of aromatic nitrogens is 1. The predicted octanol–water partition coefficient (Wildman–Crippen LogP) is 4.94. The van der Waals surface area contributed by atoms with Crippen LogP contribution < -0.4 is 4.74 Å². The number of nitrogens with zero attached hydrogens (tertiary/aromatic N) is 3. The van der Waals surface area contributed by atoms with Crippen LogP contribution in [0.5, 0.6) is 5.75 Å². The molecule has 5 nitrogen and oxygen atoms in total. The molecule has 2 aromatic rings. The molecule has 0 bridgehead atoms. The standard InChI is InChI=1S/C24H28F5N3O2/c1-22(26,27)16-13-15(5-6-18(16)34-4)21(33)31-9-7-24(8-10-31)20-17(25)14-19(23(2,28)29)32(20)12-11-30(24)3/h5-6,13-14H,7-12H2,1-4H3. The number of amides is 1. The van der Waals surface area contributed by atoms with Crippen LogP contribution in [0.4, 0.5) is 22.0 Å². The SMILES string of the molecule is COc1ccc(C(=O)N2CCC3(CC2)c2c(F)cc(C(C)(F)F)n2CCN3C)cc1C(C)(F)F. The van der Waals surface area contributed by atoms with Gasteiger partial charge in [-0.15, -0.1) is 0 Å². The van der Waals surface area contributed by atoms with Gasteiger partial charge in [0.1, 0.15) is 11.6 Å². The van der Waals surface area contributed by atoms with Crippen LogP contribution in [0.25, 0.3) is 0 Å². The second-order valence-electron chi connectivity index (χ2n) is 9.31. The fourth-order valence-electron chi connectivity index (χ4n) is 5.29. The second kappa shape index (κ2) is 8.25. The Labute approximate surface area is 195 Å². The number of likely N-dealkylation sites (N-methyl/N-ethyl adjacent to an activating group) is 1. The molecule has 0 atom stereocenters. The van der Waals surface area contributed by atoms with E-state index in [9.17, 15) is 22.4 Å². The molecule has 0 unspecified atom stereocenters. The van der Waals surface area contributed by atoms with E-state index in [4.69, 9.17) is 4.74 Å². The molecular weight excluding hydrogens is 457 g/mol. The number of hydrogen-bond acceptors (Lipinski definition) is 3. The number of alkyl halides is 4. The topological polar surface area (TPSA) is 37.7 Å². The zero-order valence-electron chi connectivity index (χ0n) is 19.6. The molecule has 1 amide bonds. The maximum Gasteiger partial charge on any atom is 0.285 e. The van der Waals surface area contributed by atoms with Gasteiger partial charge in [-0.1, -0.05) is 0 Å². The van der Waals surface area contributed by atoms with Crippen LogP contribution in [0.15, 0.2) is 24.3 Å². The quantitative estimate of drug-likeness (QED) is 0.576. The highest BCUT2D eigenvalue weighted by molar-refractivity contribution is 5.94. The van der Waals surface area contributed by atoms with Crippen molar-refractivity contribution in [1.82, 2.24) is 14.4 Å². The fraction of sp³-hybridized carbons (Fsp3) is 0.542. The molecule has 2 aliphatic heterocycles. The van der Waals surface area contributed by atoms with Gasteiger partial charge in [0.25, 0.3) is 17.8 Å². The summed E-state index contributed by atoms with van der Waals surface area (Å²) >= 11 is 0. The van der Waals surface area contributed by atoms with Gasteiger partial charge in [-0.2, -0.15) is 0 Å². The Bertz CT molecular complexity index is 1100. The molecule has 0 N–H and O–H groups in total. The zero-order valence-corrected chi connectivity index (χ0v) is 19.6. The monoisotopic (exact) mass is 485 g/mol. The van der Waals surface area contributed by atoms with Crippen molar-refractivity contribution >= 4 is 5.91 Å². The first-order valence-corrected chi connectivity index (χ1v) is 11.1. The highest BCUT2D eigenvalue weighted by Crippen LogP contribution is 2.45. The van der Waals surface area contributed by atoms with Gasteiger partial charge in [-0.05, 0) is 38.1 Å². The minimum absolute atomic E-state index is 0.00903. The maximum atomic E-state index is 15.0. The van der Waals surface area contributed by atoms with Gasteiger partial charge in [0, 0.05) is 51.7 Å². The van der Waals surface area contributed by atoms with E-state index >= 15 is 4.39 Å². The smallest absolute Gasteiger partial charge is 0.285 e. The van der Waals surface area contributed by atoms with Crippen LogP contribution in [0, 0.1) is 5.82 Å². The normalized spacial score (nSPS) is 18.8. The van der Waals surface area contributed by atoms with Crippen LogP contribution in [-0.2, 0) is 23.9 Å². The molecule has 4 rings (SSSR count). The van der Waals surface area contributed by atoms with E-state index in [1.807, 2.05) is 11.9 Å². The molecule has 1 spiro atoms. The van der Waals surface area contributed by atoms with Crippen LogP contribution in [0.1, 0.15) is 54.0 Å². The molecule has 1 aromatic carbocycles. The van der Waals surface area contributed by atoms with Gasteiger partial charge in [0.05, 0.1) is 29.6 Å². The molecule has 34 heavy (non-hydrogen) atoms. The summed E-state index contributed by atoms with van der Waals surface area (Å²) in [5.74, 6) is -7.48. The fourth-order valence-corrected chi connectivity index (χ4v) is 5.29. The summed E-state index contributed by atoms with van der Waals surface area (Å²) in [6, 6.07) is 4.83. The highest BCUT2D eigenvalue weighted by atomic mass is 19.3. The van der Waals surface area contributed by atoms with Crippen molar-refractivity contribution < 1.29 is 31.5 Å². The predicted molar refractivity (Wildman–Crippen MR) is 116 cm³/mol. The average molecular weight is 485 g/mol. The Kier molecular flexibility index (Phi) is 5.95. The van der Waals surface area contributed by atoms with E-state index in [0.29, 0.717) is 19.4 Å². The van der Waals surface area contributed by atoms with E-state index < -0.39 is 29.1 Å². The van der Waals surface area contributed by atoms with E-state index in [0.717, 1.165) is 26.0 Å². The molecule has 186 valence electrons. The first-order chi connectivity index (χ1) is 15.8. The number of hydrogen-bond donors (Lipinski definition) is 0. The van der Waals surface area contributed by atoms with Crippen molar-refractivity contribution in [2.75, 3.05) is 33.8 Å². The number of rotatable bonds is 4. The molecule has 0 radical (unpaired) electrons. The molecule has 0 aliphatic carbocycles. The Morgan fingerprint density at radius 2 is 1.65 bits per heavy atom. The summed E-state index contributed by atoms with van der Waals surface area (Å²) in [5.41, 5.74) is -1.23. The third-order valence-electron chi connectivity index (χ3n) is 7.13. The molecule has 1 fully saturated rings. The van der Waals surface area contributed by atoms with Crippen molar-refractivity contribution in [2.45, 2.75) is 50.6 Å². The lowest BCUT2D eigenvalue weighted by Crippen LogP contribution is -2.57. The summed E-state index contributed by atoms with van der Waals surface area (Å²) < 4.78 is 77.7. The lowest BCUT2D eigenvalue weighted by Gasteiger charge is -2.50. The van der Waals surface area contributed by atoms with Crippen molar-refractivity contribution in [3.05, 3.63) is 52.6 Å². The lowest BCUT2D eigenvalue weighted by molar-refractivity contribution is -0.00781. The average Bonchev–Trinajstić information content (AvgIpc) is 3.13. The van der Waals surface area contributed by atoms with Crippen molar-refractivity contribution in [3.8, 4) is 5.75 Å². The van der Waals surface area contributed by atoms with Gasteiger partial charge in [-0.25, -0.2) is 22.0 Å². The van der Waals surface area contributed by atoms with Crippen molar-refractivity contribution in [3.63, 3.8) is 0 Å². The molecule has 3 heterocycles. The minimum Gasteiger partial charge on any atom is -0.496 e. The Balaban J connectivity index is 1.61. The summed E-state index contributed by atoms with van der Waals surface area (Å²) in [5, 5.41) is 0. The molecule has 1 aromatic heterocycles. The second-order valence-corrected chi connectivity index (χ2v) is 9.31. The number of benzene rings is 1. The van der Waals surface area contributed by atoms with Gasteiger partial charge in [0.2, 0.25) is 0 Å². The summed E-state index contributed by atoms with van der Waals surface area (Å²) in [7, 11) is 3.11. The number of halogens is 5. The maximum absolute atomic E-state index is 15.0. The van der Waals surface area contributed by atoms with Crippen LogP contribution >= 0.6 is 0 Å². The number of ether oxygens (including phenoxy) is 1. The summed E-state index contributed by atoms with van der Waals surface area (Å²) in [4.78, 5) is 16.6. The molecule has 2 aliphatic rings. The number of carbonyl (C=O) groups excluding carboxylic acids is 1. The Morgan fingerprint density at radius 1 is 1.00 bits per heavy atom. The number of methoxy groups -OCH3 is 1. The van der Waals surface area contributed by atoms with E-state index in [1.54, 1.807) is 0 Å². The number of fused-ring (bicyclic) bond motifs is 2. The van der Waals surface area contributed by atoms with Crippen LogP contribution in [0.2, 0.25) is 0 Å². The van der Waals surface area contributed by atoms with Gasteiger partial charge < -0.3 is 14.2 Å². The third kappa shape index (κ3) is 3.95. The van der Waals surface area contributed by atoms with Crippen molar-refractivity contribution in [2.24, 2.45) is 0 Å². The van der Waals surface area contributed by atoms with Crippen LogP contribution in [-0.4, -0.2) is 54.1 Å². The molecule has 0 saturated carbocycles. The Morgan fingerprint density at radius 3 is 2.21 bits per heavy atom. The van der Waals surface area contributed by atoms with E-state index in [2.05, 4.69) is 0 Å². The van der Waals surface area contributed by atoms with Gasteiger partial charge >= 0.3 is 0 Å². The minimum atomic E-state index is -3.19. The number of carbonyl (C=O) groups is 1. The zero-order chi connectivity index (χ0) is 25.1.